The van der Waals surface area contributed by atoms with Gasteiger partial charge in [0.1, 0.15) is 45.9 Å². The fourth-order valence-corrected chi connectivity index (χ4v) is 5.34. The molecule has 0 aromatic heterocycles. The molecule has 48 heavy (non-hydrogen) atoms. The summed E-state index contributed by atoms with van der Waals surface area (Å²) in [4.78, 5) is 22.1. The first kappa shape index (κ1) is 35.9. The van der Waals surface area contributed by atoms with E-state index in [0.717, 1.165) is 0 Å². The Kier molecular flexibility index (Phi) is 12.2. The quantitative estimate of drug-likeness (QED) is 0.0483. The van der Waals surface area contributed by atoms with Crippen molar-refractivity contribution in [2.24, 2.45) is 0 Å². The number of hydrogen-bond donors (Lipinski definition) is 2. The summed E-state index contributed by atoms with van der Waals surface area (Å²) in [5.74, 6) is 2.06. The molecule has 0 radical (unpaired) electrons. The Morgan fingerprint density at radius 1 is 0.646 bits per heavy atom. The summed E-state index contributed by atoms with van der Waals surface area (Å²) >= 11 is 12.3. The number of ether oxygens (including phenoxy) is 4. The molecule has 4 aromatic carbocycles. The van der Waals surface area contributed by atoms with Crippen molar-refractivity contribution in [2.45, 2.75) is 26.3 Å². The molecule has 0 saturated carbocycles. The zero-order valence-corrected chi connectivity index (χ0v) is 28.1. The van der Waals surface area contributed by atoms with Gasteiger partial charge in [0.15, 0.2) is 12.5 Å². The summed E-state index contributed by atoms with van der Waals surface area (Å²) in [6.07, 6.45) is -2.12. The number of benzene rings is 4. The lowest BCUT2D eigenvalue weighted by Crippen LogP contribution is -2.20. The Hall–Kier alpha value is -4.92. The minimum absolute atomic E-state index is 0.00442. The second-order valence-electron chi connectivity index (χ2n) is 9.68. The van der Waals surface area contributed by atoms with Crippen LogP contribution in [0.3, 0.4) is 0 Å². The molecule has 0 amide bonds. The van der Waals surface area contributed by atoms with Crippen molar-refractivity contribution in [3.05, 3.63) is 103 Å². The van der Waals surface area contributed by atoms with E-state index in [-0.39, 0.29) is 34.2 Å². The van der Waals surface area contributed by atoms with Gasteiger partial charge >= 0.3 is 8.25 Å². The zero-order valence-electron chi connectivity index (χ0n) is 25.7. The van der Waals surface area contributed by atoms with E-state index in [0.29, 0.717) is 33.0 Å². The van der Waals surface area contributed by atoms with Crippen LogP contribution in [0.15, 0.2) is 72.8 Å². The Labute approximate surface area is 284 Å². The third-order valence-corrected chi connectivity index (χ3v) is 7.82. The molecule has 0 aliphatic heterocycles. The van der Waals surface area contributed by atoms with E-state index in [1.54, 1.807) is 24.3 Å². The second-order valence-corrected chi connectivity index (χ2v) is 11.4. The van der Waals surface area contributed by atoms with E-state index in [1.807, 2.05) is 0 Å². The average molecular weight is 722 g/mol. The molecule has 4 aromatic rings. The maximum absolute atomic E-state index is 12.7. The normalized spacial score (nSPS) is 12.3. The number of anilines is 2. The molecule has 4 rings (SSSR count). The number of methoxy groups -OCH3 is 2. The molecule has 18 heteroatoms. The number of nitrogens with one attached hydrogen (secondary N) is 2. The molecule has 0 aliphatic carbocycles. The highest BCUT2D eigenvalue weighted by atomic mass is 35.5. The van der Waals surface area contributed by atoms with Crippen LogP contribution in [0.25, 0.3) is 0 Å². The van der Waals surface area contributed by atoms with E-state index >= 15 is 0 Å². The highest BCUT2D eigenvalue weighted by Gasteiger charge is 2.30. The van der Waals surface area contributed by atoms with Crippen LogP contribution in [-0.2, 0) is 13.6 Å². The van der Waals surface area contributed by atoms with Crippen molar-refractivity contribution >= 4 is 54.2 Å². The van der Waals surface area contributed by atoms with Gasteiger partial charge in [-0.05, 0) is 50.2 Å². The third-order valence-electron chi connectivity index (χ3n) is 6.25. The molecule has 0 heterocycles. The summed E-state index contributed by atoms with van der Waals surface area (Å²) < 4.78 is 45.3. The van der Waals surface area contributed by atoms with Gasteiger partial charge in [-0.2, -0.15) is 0 Å². The van der Waals surface area contributed by atoms with Gasteiger partial charge in [0, 0.05) is 41.0 Å². The molecular formula is C30H28Cl2N4O11P+. The standard InChI is InChI=1S/C30H28Cl2N4O11P/c1-17(33-25-15-21(5-9-27(25)35(37)38)44-19-7-11-29(42-3)23(31)13-19)46-48(41)47-18(2)34-26-16-22(6-10-28(26)36(39)40)45-20-8-12-30(43-4)24(32)14-20/h5-18,33-34H,1-4H3/q+1. The first-order valence-electron chi connectivity index (χ1n) is 13.8. The predicted molar refractivity (Wildman–Crippen MR) is 178 cm³/mol. The van der Waals surface area contributed by atoms with Gasteiger partial charge in [-0.15, -0.1) is 0 Å². The molecule has 2 atom stereocenters. The molecule has 2 N–H and O–H groups in total. The van der Waals surface area contributed by atoms with Gasteiger partial charge in [-0.25, -0.2) is 0 Å². The molecule has 0 saturated heterocycles. The summed E-state index contributed by atoms with van der Waals surface area (Å²) in [6.45, 7) is 2.90. The fourth-order valence-electron chi connectivity index (χ4n) is 4.17. The monoisotopic (exact) mass is 721 g/mol. The zero-order chi connectivity index (χ0) is 35.0. The van der Waals surface area contributed by atoms with Crippen LogP contribution in [0.2, 0.25) is 10.0 Å². The van der Waals surface area contributed by atoms with Crippen LogP contribution >= 0.6 is 31.5 Å². The minimum atomic E-state index is -2.84. The van der Waals surface area contributed by atoms with Crippen LogP contribution < -0.4 is 29.6 Å². The van der Waals surface area contributed by atoms with Crippen molar-refractivity contribution in [3.8, 4) is 34.5 Å². The molecule has 2 unspecified atom stereocenters. The number of rotatable bonds is 16. The van der Waals surface area contributed by atoms with E-state index in [4.69, 9.17) is 51.2 Å². The Bertz CT molecular complexity index is 1700. The van der Waals surface area contributed by atoms with Crippen molar-refractivity contribution in [1.82, 2.24) is 0 Å². The van der Waals surface area contributed by atoms with Crippen molar-refractivity contribution in [2.75, 3.05) is 24.9 Å². The van der Waals surface area contributed by atoms with Crippen LogP contribution in [-0.4, -0.2) is 36.5 Å². The van der Waals surface area contributed by atoms with Crippen molar-refractivity contribution < 1.29 is 42.4 Å². The van der Waals surface area contributed by atoms with Gasteiger partial charge in [0.25, 0.3) is 11.4 Å². The lowest BCUT2D eigenvalue weighted by atomic mass is 10.2. The summed E-state index contributed by atoms with van der Waals surface area (Å²) in [5.41, 5.74) is -0.597. The predicted octanol–water partition coefficient (Wildman–Crippen LogP) is 9.32. The van der Waals surface area contributed by atoms with Crippen LogP contribution in [0.5, 0.6) is 34.5 Å². The Balaban J connectivity index is 1.40. The molecule has 0 spiro atoms. The van der Waals surface area contributed by atoms with E-state index < -0.39 is 30.6 Å². The average Bonchev–Trinajstić information content (AvgIpc) is 3.01. The van der Waals surface area contributed by atoms with Gasteiger partial charge in [0.05, 0.1) is 34.1 Å². The molecule has 15 nitrogen and oxygen atoms in total. The second kappa shape index (κ2) is 16.3. The lowest BCUT2D eigenvalue weighted by molar-refractivity contribution is -0.384. The first-order valence-corrected chi connectivity index (χ1v) is 15.7. The number of nitro benzene ring substituents is 2. The molecule has 252 valence electrons. The summed E-state index contributed by atoms with van der Waals surface area (Å²) in [5, 5.41) is 29.5. The fraction of sp³-hybridized carbons (Fsp3) is 0.200. The maximum Gasteiger partial charge on any atom is 0.701 e. The third kappa shape index (κ3) is 9.56. The Morgan fingerprint density at radius 3 is 1.33 bits per heavy atom. The van der Waals surface area contributed by atoms with Crippen molar-refractivity contribution in [3.63, 3.8) is 0 Å². The number of nitrogens with zero attached hydrogens (tertiary/aromatic N) is 2. The number of halogens is 2. The topological polar surface area (TPSA) is 183 Å². The van der Waals surface area contributed by atoms with Gasteiger partial charge in [-0.1, -0.05) is 32.2 Å². The molecular weight excluding hydrogens is 694 g/mol. The van der Waals surface area contributed by atoms with Crippen molar-refractivity contribution in [1.29, 1.82) is 0 Å². The van der Waals surface area contributed by atoms with Gasteiger partial charge in [-0.3, -0.25) is 20.2 Å². The molecule has 0 bridgehead atoms. The summed E-state index contributed by atoms with van der Waals surface area (Å²) in [6, 6.07) is 17.4. The van der Waals surface area contributed by atoms with Crippen LogP contribution in [0, 0.1) is 20.2 Å². The van der Waals surface area contributed by atoms with E-state index in [1.165, 1.54) is 76.6 Å². The summed E-state index contributed by atoms with van der Waals surface area (Å²) in [7, 11) is 0.0969. The smallest absolute Gasteiger partial charge is 0.495 e. The SMILES string of the molecule is COc1ccc(Oc2ccc([N+](=O)[O-])c(NC(C)O[P+](=O)OC(C)Nc3cc(Oc4ccc(OC)c(Cl)c4)ccc3[N+](=O)[O-])c2)cc1Cl. The highest BCUT2D eigenvalue weighted by molar-refractivity contribution is 7.33. The largest absolute Gasteiger partial charge is 0.701 e. The van der Waals surface area contributed by atoms with E-state index in [9.17, 15) is 24.8 Å². The first-order chi connectivity index (χ1) is 22.9. The molecule has 0 fully saturated rings. The highest BCUT2D eigenvalue weighted by Crippen LogP contribution is 2.38. The van der Waals surface area contributed by atoms with Gasteiger partial charge < -0.3 is 29.6 Å². The van der Waals surface area contributed by atoms with Crippen LogP contribution in [0.1, 0.15) is 13.8 Å². The van der Waals surface area contributed by atoms with E-state index in [2.05, 4.69) is 10.6 Å². The number of nitro groups is 2. The van der Waals surface area contributed by atoms with Crippen LogP contribution in [0.4, 0.5) is 22.7 Å². The number of hydrogen-bond acceptors (Lipinski definition) is 13. The maximum atomic E-state index is 12.7. The Morgan fingerprint density at radius 2 is 1.00 bits per heavy atom. The molecule has 0 aliphatic rings. The minimum Gasteiger partial charge on any atom is -0.495 e. The van der Waals surface area contributed by atoms with Gasteiger partial charge in [0.2, 0.25) is 0 Å². The lowest BCUT2D eigenvalue weighted by Gasteiger charge is -2.14.